The molecule has 0 aromatic heterocycles. The van der Waals surface area contributed by atoms with Crippen molar-refractivity contribution in [3.8, 4) is 0 Å². The van der Waals surface area contributed by atoms with Gasteiger partial charge in [-0.25, -0.2) is 0 Å². The maximum atomic E-state index is 11.5. The summed E-state index contributed by atoms with van der Waals surface area (Å²) in [7, 11) is 1.89. The molecule has 0 bridgehead atoms. The maximum Gasteiger partial charge on any atom is 0.236 e. The summed E-state index contributed by atoms with van der Waals surface area (Å²) in [4.78, 5) is 15.9. The molecule has 1 amide bonds. The van der Waals surface area contributed by atoms with E-state index < -0.39 is 0 Å². The summed E-state index contributed by atoms with van der Waals surface area (Å²) in [6.07, 6.45) is 5.04. The summed E-state index contributed by atoms with van der Waals surface area (Å²) in [5.74, 6) is 0.0673. The first-order valence-electron chi connectivity index (χ1n) is 5.92. The zero-order valence-corrected chi connectivity index (χ0v) is 9.48. The van der Waals surface area contributed by atoms with Gasteiger partial charge in [0.2, 0.25) is 5.91 Å². The molecule has 1 saturated carbocycles. The Morgan fingerprint density at radius 2 is 2.20 bits per heavy atom. The van der Waals surface area contributed by atoms with Gasteiger partial charge in [-0.3, -0.25) is 9.69 Å². The van der Waals surface area contributed by atoms with E-state index in [0.29, 0.717) is 6.04 Å². The van der Waals surface area contributed by atoms with Gasteiger partial charge in [-0.05, 0) is 32.2 Å². The predicted octanol–water partition coefficient (Wildman–Crippen LogP) is 0.0303. The summed E-state index contributed by atoms with van der Waals surface area (Å²) in [5, 5.41) is 0. The molecule has 4 heteroatoms. The fraction of sp³-hybridized carbons (Fsp3) is 0.909. The summed E-state index contributed by atoms with van der Waals surface area (Å²) in [6, 6.07) is 1.20. The number of nitrogens with two attached hydrogens (primary N) is 1. The van der Waals surface area contributed by atoms with Crippen LogP contribution in [0.4, 0.5) is 0 Å². The third kappa shape index (κ3) is 2.49. The van der Waals surface area contributed by atoms with Crippen LogP contribution in [0.3, 0.4) is 0 Å². The van der Waals surface area contributed by atoms with Crippen LogP contribution in [0.2, 0.25) is 0 Å². The van der Waals surface area contributed by atoms with Gasteiger partial charge >= 0.3 is 0 Å². The molecule has 1 saturated heterocycles. The highest BCUT2D eigenvalue weighted by atomic mass is 16.2. The van der Waals surface area contributed by atoms with E-state index in [4.69, 9.17) is 5.73 Å². The maximum absolute atomic E-state index is 11.5. The van der Waals surface area contributed by atoms with Gasteiger partial charge in [0.05, 0.1) is 6.54 Å². The Hall–Kier alpha value is -0.610. The molecule has 0 spiro atoms. The highest BCUT2D eigenvalue weighted by Crippen LogP contribution is 2.30. The van der Waals surface area contributed by atoms with Gasteiger partial charge in [-0.15, -0.1) is 0 Å². The van der Waals surface area contributed by atoms with E-state index in [9.17, 15) is 4.79 Å². The Balaban J connectivity index is 1.88. The molecule has 2 fully saturated rings. The molecular weight excluding hydrogens is 190 g/mol. The van der Waals surface area contributed by atoms with Crippen LogP contribution < -0.4 is 5.73 Å². The first-order valence-corrected chi connectivity index (χ1v) is 5.92. The summed E-state index contributed by atoms with van der Waals surface area (Å²) in [6.45, 7) is 2.40. The fourth-order valence-corrected chi connectivity index (χ4v) is 2.42. The van der Waals surface area contributed by atoms with Crippen molar-refractivity contribution < 1.29 is 4.79 Å². The number of likely N-dealkylation sites (tertiary alicyclic amines) is 1. The van der Waals surface area contributed by atoms with Crippen molar-refractivity contribution in [1.82, 2.24) is 9.80 Å². The number of rotatable bonds is 3. The van der Waals surface area contributed by atoms with Gasteiger partial charge in [0.25, 0.3) is 0 Å². The fourth-order valence-electron chi connectivity index (χ4n) is 2.42. The molecule has 1 aliphatic carbocycles. The van der Waals surface area contributed by atoms with Crippen LogP contribution in [-0.4, -0.2) is 54.5 Å². The number of amides is 1. The Morgan fingerprint density at radius 1 is 1.47 bits per heavy atom. The lowest BCUT2D eigenvalue weighted by atomic mass is 10.0. The zero-order chi connectivity index (χ0) is 10.8. The minimum atomic E-state index is 0.0673. The van der Waals surface area contributed by atoms with E-state index >= 15 is 0 Å². The number of piperidine rings is 1. The van der Waals surface area contributed by atoms with Crippen molar-refractivity contribution >= 4 is 5.91 Å². The van der Waals surface area contributed by atoms with Crippen molar-refractivity contribution in [1.29, 1.82) is 0 Å². The van der Waals surface area contributed by atoms with Crippen LogP contribution in [0.5, 0.6) is 0 Å². The lowest BCUT2D eigenvalue weighted by Gasteiger charge is -2.37. The monoisotopic (exact) mass is 211 g/mol. The summed E-state index contributed by atoms with van der Waals surface area (Å²) in [5.41, 5.74) is 5.38. The Labute approximate surface area is 91.4 Å². The van der Waals surface area contributed by atoms with Crippen molar-refractivity contribution in [2.75, 3.05) is 26.7 Å². The molecule has 2 rings (SSSR count). The van der Waals surface area contributed by atoms with Crippen molar-refractivity contribution in [2.45, 2.75) is 37.8 Å². The molecule has 0 aromatic rings. The largest absolute Gasteiger partial charge is 0.340 e. The van der Waals surface area contributed by atoms with Gasteiger partial charge in [0, 0.05) is 25.7 Å². The molecule has 1 heterocycles. The lowest BCUT2D eigenvalue weighted by Crippen LogP contribution is -2.50. The molecule has 15 heavy (non-hydrogen) atoms. The molecule has 0 radical (unpaired) electrons. The van der Waals surface area contributed by atoms with Crippen LogP contribution in [0.25, 0.3) is 0 Å². The Bertz CT molecular complexity index is 240. The van der Waals surface area contributed by atoms with Crippen molar-refractivity contribution in [2.24, 2.45) is 5.73 Å². The van der Waals surface area contributed by atoms with Gasteiger partial charge in [0.15, 0.2) is 0 Å². The second-order valence-corrected chi connectivity index (χ2v) is 4.73. The normalized spacial score (nSPS) is 27.7. The molecule has 2 N–H and O–H groups in total. The van der Waals surface area contributed by atoms with Crippen LogP contribution in [0, 0.1) is 0 Å². The predicted molar refractivity (Wildman–Crippen MR) is 59.4 cm³/mol. The standard InChI is InChI=1S/C11H21N3O/c1-13(11(15)7-12)10-3-2-6-14(8-10)9-4-5-9/h9-10H,2-8,12H2,1H3. The smallest absolute Gasteiger partial charge is 0.236 e. The van der Waals surface area contributed by atoms with Crippen molar-refractivity contribution in [3.05, 3.63) is 0 Å². The SMILES string of the molecule is CN(C(=O)CN)C1CCCN(C2CC2)C1. The Morgan fingerprint density at radius 3 is 2.80 bits per heavy atom. The highest BCUT2D eigenvalue weighted by molar-refractivity contribution is 5.78. The van der Waals surface area contributed by atoms with E-state index in [1.165, 1.54) is 25.8 Å². The summed E-state index contributed by atoms with van der Waals surface area (Å²) >= 11 is 0. The van der Waals surface area contributed by atoms with Crippen LogP contribution in [0.15, 0.2) is 0 Å². The second kappa shape index (κ2) is 4.49. The number of hydrogen-bond donors (Lipinski definition) is 1. The third-order valence-corrected chi connectivity index (χ3v) is 3.61. The number of carbonyl (C=O) groups excluding carboxylic acids is 1. The minimum Gasteiger partial charge on any atom is -0.340 e. The minimum absolute atomic E-state index is 0.0673. The number of nitrogens with zero attached hydrogens (tertiary/aromatic N) is 2. The van der Waals surface area contributed by atoms with Crippen molar-refractivity contribution in [3.63, 3.8) is 0 Å². The molecular formula is C11H21N3O. The van der Waals surface area contributed by atoms with E-state index in [-0.39, 0.29) is 12.5 Å². The van der Waals surface area contributed by atoms with Gasteiger partial charge < -0.3 is 10.6 Å². The molecule has 1 atom stereocenters. The number of carbonyl (C=O) groups is 1. The van der Waals surface area contributed by atoms with E-state index in [2.05, 4.69) is 4.90 Å². The van der Waals surface area contributed by atoms with Gasteiger partial charge in [0.1, 0.15) is 0 Å². The van der Waals surface area contributed by atoms with E-state index in [0.717, 1.165) is 19.0 Å². The van der Waals surface area contributed by atoms with Gasteiger partial charge in [-0.2, -0.15) is 0 Å². The third-order valence-electron chi connectivity index (χ3n) is 3.61. The first kappa shape index (κ1) is 10.9. The number of hydrogen-bond acceptors (Lipinski definition) is 3. The average Bonchev–Trinajstić information content (AvgIpc) is 3.11. The number of likely N-dealkylation sites (N-methyl/N-ethyl adjacent to an activating group) is 1. The first-order chi connectivity index (χ1) is 7.22. The molecule has 4 nitrogen and oxygen atoms in total. The molecule has 0 aromatic carbocycles. The van der Waals surface area contributed by atoms with E-state index in [1.54, 1.807) is 0 Å². The lowest BCUT2D eigenvalue weighted by molar-refractivity contribution is -0.131. The van der Waals surface area contributed by atoms with Crippen LogP contribution in [0.1, 0.15) is 25.7 Å². The van der Waals surface area contributed by atoms with Gasteiger partial charge in [-0.1, -0.05) is 0 Å². The van der Waals surface area contributed by atoms with Crippen LogP contribution in [-0.2, 0) is 4.79 Å². The molecule has 1 aliphatic heterocycles. The Kier molecular flexibility index (Phi) is 3.26. The van der Waals surface area contributed by atoms with Crippen LogP contribution >= 0.6 is 0 Å². The highest BCUT2D eigenvalue weighted by Gasteiger charge is 2.34. The molecule has 1 unspecified atom stereocenters. The topological polar surface area (TPSA) is 49.6 Å². The molecule has 2 aliphatic rings. The quantitative estimate of drug-likeness (QED) is 0.716. The van der Waals surface area contributed by atoms with E-state index in [1.807, 2.05) is 11.9 Å². The zero-order valence-electron chi connectivity index (χ0n) is 9.48. The second-order valence-electron chi connectivity index (χ2n) is 4.73. The molecule has 86 valence electrons. The summed E-state index contributed by atoms with van der Waals surface area (Å²) < 4.78 is 0. The average molecular weight is 211 g/mol.